The van der Waals surface area contributed by atoms with Gasteiger partial charge in [0.1, 0.15) is 12.3 Å². The molecule has 3 heterocycles. The Balaban J connectivity index is 1.85. The number of likely N-dealkylation sites (tertiary alicyclic amines) is 1. The lowest BCUT2D eigenvalue weighted by molar-refractivity contribution is -0.162. The molecule has 0 aromatic rings. The van der Waals surface area contributed by atoms with Gasteiger partial charge < -0.3 is 24.1 Å². The van der Waals surface area contributed by atoms with E-state index in [1.54, 1.807) is 4.90 Å². The third-order valence-corrected chi connectivity index (χ3v) is 8.20. The molecule has 2 saturated heterocycles. The number of nitrogens with zero attached hydrogens (tertiary/aromatic N) is 2. The van der Waals surface area contributed by atoms with Crippen LogP contribution in [0, 0.1) is 17.3 Å². The van der Waals surface area contributed by atoms with Crippen molar-refractivity contribution in [1.29, 1.82) is 0 Å². The molecule has 3 rings (SSSR count). The van der Waals surface area contributed by atoms with Crippen molar-refractivity contribution in [3.05, 3.63) is 35.6 Å². The Bertz CT molecular complexity index is 935. The first-order chi connectivity index (χ1) is 16.4. The minimum atomic E-state index is -1.26. The van der Waals surface area contributed by atoms with Crippen LogP contribution in [0.4, 0.5) is 4.79 Å². The van der Waals surface area contributed by atoms with Crippen molar-refractivity contribution < 1.29 is 28.7 Å². The van der Waals surface area contributed by atoms with Crippen molar-refractivity contribution >= 4 is 27.0 Å². The molecule has 3 aliphatic heterocycles. The standard InChI is InChI=1S/C26H40N2O6Si/c1-8-12-33-25(32)27-11-9-10-17(27)13-16(2)18-14-20-21(23(29)28(20)22(18)24(30)31)19(26(3,4)5)15-34-35(6)7/h8,13,17,19-21,35H,1,9-12,14-15H2,2-7H3,(H,30,31)/t17-,19+,20+,21-/m0/s1. The number of aliphatic carboxylic acids is 1. The summed E-state index contributed by atoms with van der Waals surface area (Å²) in [5.74, 6) is -1.47. The second kappa shape index (κ2) is 10.7. The van der Waals surface area contributed by atoms with Gasteiger partial charge in [-0.15, -0.1) is 0 Å². The van der Waals surface area contributed by atoms with E-state index in [-0.39, 0.29) is 47.5 Å². The van der Waals surface area contributed by atoms with Crippen LogP contribution < -0.4 is 0 Å². The van der Waals surface area contributed by atoms with Gasteiger partial charge in [0.05, 0.1) is 18.0 Å². The zero-order valence-electron chi connectivity index (χ0n) is 21.9. The fraction of sp³-hybridized carbons (Fsp3) is 0.654. The normalized spacial score (nSPS) is 25.6. The van der Waals surface area contributed by atoms with Gasteiger partial charge in [-0.1, -0.05) is 39.5 Å². The molecule has 1 N–H and O–H groups in total. The Hall–Kier alpha value is -2.39. The Morgan fingerprint density at radius 1 is 1.31 bits per heavy atom. The van der Waals surface area contributed by atoms with E-state index in [2.05, 4.69) is 40.4 Å². The summed E-state index contributed by atoms with van der Waals surface area (Å²) in [6.45, 7) is 17.3. The van der Waals surface area contributed by atoms with Crippen molar-refractivity contribution in [2.75, 3.05) is 19.8 Å². The molecule has 0 unspecified atom stereocenters. The van der Waals surface area contributed by atoms with Gasteiger partial charge in [0.25, 0.3) is 0 Å². The lowest BCUT2D eigenvalue weighted by atomic mass is 9.66. The van der Waals surface area contributed by atoms with Crippen molar-refractivity contribution in [2.45, 2.75) is 72.1 Å². The topological polar surface area (TPSA) is 96.4 Å². The van der Waals surface area contributed by atoms with Crippen LogP contribution in [0.5, 0.6) is 0 Å². The molecule has 4 atom stereocenters. The van der Waals surface area contributed by atoms with Gasteiger partial charge in [-0.25, -0.2) is 9.59 Å². The van der Waals surface area contributed by atoms with Crippen molar-refractivity contribution in [3.63, 3.8) is 0 Å². The first-order valence-electron chi connectivity index (χ1n) is 12.5. The van der Waals surface area contributed by atoms with Crippen LogP contribution in [0.25, 0.3) is 0 Å². The van der Waals surface area contributed by atoms with Crippen LogP contribution in [-0.2, 0) is 18.8 Å². The Morgan fingerprint density at radius 2 is 2.00 bits per heavy atom. The zero-order chi connectivity index (χ0) is 26.1. The van der Waals surface area contributed by atoms with E-state index in [0.717, 1.165) is 18.4 Å². The highest BCUT2D eigenvalue weighted by Crippen LogP contribution is 2.50. The summed E-state index contributed by atoms with van der Waals surface area (Å²) >= 11 is 0. The highest BCUT2D eigenvalue weighted by atomic mass is 28.3. The molecule has 0 saturated carbocycles. The Labute approximate surface area is 210 Å². The molecular weight excluding hydrogens is 464 g/mol. The lowest BCUT2D eigenvalue weighted by Crippen LogP contribution is -2.63. The Morgan fingerprint density at radius 3 is 2.57 bits per heavy atom. The summed E-state index contributed by atoms with van der Waals surface area (Å²) in [6.07, 6.45) is 5.23. The number of carboxylic acid groups (broad SMARTS) is 1. The number of hydrogen-bond donors (Lipinski definition) is 1. The molecule has 3 aliphatic rings. The van der Waals surface area contributed by atoms with Gasteiger partial charge in [0.15, 0.2) is 9.04 Å². The third kappa shape index (κ3) is 5.56. The average molecular weight is 505 g/mol. The molecule has 0 aliphatic carbocycles. The van der Waals surface area contributed by atoms with Crippen LogP contribution in [-0.4, -0.2) is 73.8 Å². The number of carbonyl (C=O) groups is 3. The summed E-state index contributed by atoms with van der Waals surface area (Å²) < 4.78 is 11.3. The highest BCUT2D eigenvalue weighted by molar-refractivity contribution is 6.48. The van der Waals surface area contributed by atoms with Gasteiger partial charge in [-0.2, -0.15) is 0 Å². The van der Waals surface area contributed by atoms with Gasteiger partial charge in [0.2, 0.25) is 5.91 Å². The first-order valence-corrected chi connectivity index (χ1v) is 15.3. The first kappa shape index (κ1) is 27.2. The summed E-state index contributed by atoms with van der Waals surface area (Å²) in [5.41, 5.74) is 1.41. The average Bonchev–Trinajstić information content (AvgIpc) is 3.36. The predicted octanol–water partition coefficient (Wildman–Crippen LogP) is 3.95. The van der Waals surface area contributed by atoms with Crippen molar-refractivity contribution in [3.8, 4) is 0 Å². The van der Waals surface area contributed by atoms with Gasteiger partial charge in [-0.05, 0) is 61.8 Å². The number of ether oxygens (including phenoxy) is 1. The van der Waals surface area contributed by atoms with E-state index in [1.807, 2.05) is 13.0 Å². The smallest absolute Gasteiger partial charge is 0.410 e. The predicted molar refractivity (Wildman–Crippen MR) is 136 cm³/mol. The summed E-state index contributed by atoms with van der Waals surface area (Å²) in [7, 11) is -1.26. The van der Waals surface area contributed by atoms with Crippen molar-refractivity contribution in [2.24, 2.45) is 17.3 Å². The molecule has 8 nitrogen and oxygen atoms in total. The number of rotatable bonds is 9. The van der Waals surface area contributed by atoms with E-state index < -0.39 is 21.1 Å². The van der Waals surface area contributed by atoms with Crippen LogP contribution in [0.2, 0.25) is 13.1 Å². The van der Waals surface area contributed by atoms with Crippen LogP contribution in [0.1, 0.15) is 47.0 Å². The minimum absolute atomic E-state index is 0.00906. The maximum absolute atomic E-state index is 13.3. The Kier molecular flexibility index (Phi) is 8.31. The minimum Gasteiger partial charge on any atom is -0.477 e. The van der Waals surface area contributed by atoms with Crippen molar-refractivity contribution in [1.82, 2.24) is 9.80 Å². The van der Waals surface area contributed by atoms with E-state index in [1.165, 1.54) is 11.0 Å². The SMILES string of the molecule is C=CCOC(=O)N1CCC[C@H]1C=C(C)C1=C(C(=O)O)N2C(=O)[C@@H]([C@@H](CO[SiH](C)C)C(C)(C)C)[C@H]2C1. The molecule has 2 amide bonds. The van der Waals surface area contributed by atoms with Crippen LogP contribution in [0.15, 0.2) is 35.6 Å². The molecule has 0 radical (unpaired) electrons. The van der Waals surface area contributed by atoms with E-state index >= 15 is 0 Å². The summed E-state index contributed by atoms with van der Waals surface area (Å²) in [6, 6.07) is -0.341. The number of hydrogen-bond acceptors (Lipinski definition) is 5. The fourth-order valence-electron chi connectivity index (χ4n) is 5.52. The highest BCUT2D eigenvalue weighted by Gasteiger charge is 2.59. The van der Waals surface area contributed by atoms with E-state index in [0.29, 0.717) is 25.1 Å². The number of carbonyl (C=O) groups excluding carboxylic acids is 2. The van der Waals surface area contributed by atoms with E-state index in [9.17, 15) is 19.5 Å². The molecule has 2 fully saturated rings. The zero-order valence-corrected chi connectivity index (χ0v) is 23.0. The number of allylic oxidation sites excluding steroid dienone is 1. The van der Waals surface area contributed by atoms with Crippen LogP contribution in [0.3, 0.4) is 0 Å². The van der Waals surface area contributed by atoms with Crippen LogP contribution >= 0.6 is 0 Å². The molecule has 194 valence electrons. The van der Waals surface area contributed by atoms with Gasteiger partial charge in [0, 0.05) is 13.2 Å². The summed E-state index contributed by atoms with van der Waals surface area (Å²) in [4.78, 5) is 41.2. The van der Waals surface area contributed by atoms with E-state index in [4.69, 9.17) is 9.16 Å². The summed E-state index contributed by atoms with van der Waals surface area (Å²) in [5, 5.41) is 10.0. The quantitative estimate of drug-likeness (QED) is 0.290. The largest absolute Gasteiger partial charge is 0.477 e. The molecule has 0 spiro atoms. The van der Waals surface area contributed by atoms with Gasteiger partial charge >= 0.3 is 12.1 Å². The molecule has 0 aromatic heterocycles. The molecule has 0 aromatic carbocycles. The fourth-order valence-corrected chi connectivity index (χ4v) is 6.11. The maximum Gasteiger partial charge on any atom is 0.410 e. The number of carboxylic acids is 1. The van der Waals surface area contributed by atoms with Gasteiger partial charge in [-0.3, -0.25) is 4.79 Å². The lowest BCUT2D eigenvalue weighted by Gasteiger charge is -2.50. The third-order valence-electron chi connectivity index (χ3n) is 7.34. The maximum atomic E-state index is 13.3. The second-order valence-electron chi connectivity index (χ2n) is 11.1. The number of amides is 2. The second-order valence-corrected chi connectivity index (χ2v) is 13.5. The molecule has 0 bridgehead atoms. The number of fused-ring (bicyclic) bond motifs is 1. The number of β-lactam (4-membered cyclic amide) rings is 1. The monoisotopic (exact) mass is 504 g/mol. The molecule has 35 heavy (non-hydrogen) atoms. The molecule has 9 heteroatoms. The molecular formula is C26H40N2O6Si.